The minimum atomic E-state index is -1.04. The van der Waals surface area contributed by atoms with Gasteiger partial charge in [0.05, 0.1) is 6.20 Å². The van der Waals surface area contributed by atoms with Crippen LogP contribution in [-0.4, -0.2) is 30.8 Å². The molecule has 0 amide bonds. The molecule has 0 atom stereocenters. The summed E-state index contributed by atoms with van der Waals surface area (Å²) in [6.45, 7) is 2.02. The van der Waals surface area contributed by atoms with E-state index < -0.39 is 5.97 Å². The Hall–Kier alpha value is -2.24. The molecule has 0 spiro atoms. The zero-order chi connectivity index (χ0) is 12.3. The number of carbonyl (C=O) groups is 1. The molecule has 2 aromatic heterocycles. The number of rotatable bonds is 4. The average Bonchev–Trinajstić information content (AvgIpc) is 2.75. The molecular weight excluding hydrogens is 220 g/mol. The lowest BCUT2D eigenvalue weighted by molar-refractivity contribution is 0.0690. The summed E-state index contributed by atoms with van der Waals surface area (Å²) in [7, 11) is 0. The highest BCUT2D eigenvalue weighted by atomic mass is 16.4. The molecule has 0 radical (unpaired) electrons. The molecular formula is C11H12N4O2. The molecule has 1 N–H and O–H groups in total. The molecule has 0 saturated carbocycles. The van der Waals surface area contributed by atoms with Gasteiger partial charge in [-0.15, -0.1) is 0 Å². The molecule has 88 valence electrons. The normalized spacial score (nSPS) is 10.4. The zero-order valence-corrected chi connectivity index (χ0v) is 9.37. The number of carboxylic acids is 1. The molecule has 0 aliphatic carbocycles. The highest BCUT2D eigenvalue weighted by Gasteiger charge is 2.14. The number of nitrogens with zero attached hydrogens (tertiary/aromatic N) is 4. The second-order valence-electron chi connectivity index (χ2n) is 3.55. The largest absolute Gasteiger partial charge is 0.476 e. The van der Waals surface area contributed by atoms with Crippen molar-refractivity contribution >= 4 is 5.97 Å². The van der Waals surface area contributed by atoms with Gasteiger partial charge in [0.15, 0.2) is 11.5 Å². The van der Waals surface area contributed by atoms with Crippen LogP contribution in [0.3, 0.4) is 0 Å². The van der Waals surface area contributed by atoms with E-state index in [4.69, 9.17) is 5.11 Å². The highest BCUT2D eigenvalue weighted by Crippen LogP contribution is 2.11. The first kappa shape index (κ1) is 11.3. The van der Waals surface area contributed by atoms with E-state index in [0.29, 0.717) is 5.82 Å². The lowest BCUT2D eigenvalue weighted by Gasteiger charge is -2.03. The number of hydrogen-bond acceptors (Lipinski definition) is 4. The van der Waals surface area contributed by atoms with Gasteiger partial charge in [0.2, 0.25) is 0 Å². The van der Waals surface area contributed by atoms with Gasteiger partial charge in [-0.05, 0) is 12.5 Å². The van der Waals surface area contributed by atoms with Crippen molar-refractivity contribution in [2.75, 3.05) is 0 Å². The molecule has 0 aromatic carbocycles. The van der Waals surface area contributed by atoms with E-state index in [1.165, 1.54) is 4.68 Å². The SMILES string of the molecule is CCCc1cc(C(=O)O)nn1-c1cnccn1. The highest BCUT2D eigenvalue weighted by molar-refractivity contribution is 5.85. The Morgan fingerprint density at radius 2 is 2.29 bits per heavy atom. The van der Waals surface area contributed by atoms with Gasteiger partial charge in [-0.3, -0.25) is 4.98 Å². The van der Waals surface area contributed by atoms with E-state index in [0.717, 1.165) is 18.5 Å². The summed E-state index contributed by atoms with van der Waals surface area (Å²) < 4.78 is 1.53. The maximum absolute atomic E-state index is 10.9. The summed E-state index contributed by atoms with van der Waals surface area (Å²) in [5.41, 5.74) is 0.851. The quantitative estimate of drug-likeness (QED) is 0.859. The summed E-state index contributed by atoms with van der Waals surface area (Å²) in [6, 6.07) is 1.57. The maximum atomic E-state index is 10.9. The third-order valence-corrected chi connectivity index (χ3v) is 2.27. The van der Waals surface area contributed by atoms with Gasteiger partial charge >= 0.3 is 5.97 Å². The fourth-order valence-electron chi connectivity index (χ4n) is 1.56. The molecule has 6 nitrogen and oxygen atoms in total. The molecule has 0 aliphatic rings. The van der Waals surface area contributed by atoms with Crippen LogP contribution < -0.4 is 0 Å². The van der Waals surface area contributed by atoms with Crippen LogP contribution in [0.25, 0.3) is 5.82 Å². The van der Waals surface area contributed by atoms with Crippen LogP contribution in [0.15, 0.2) is 24.7 Å². The summed E-state index contributed by atoms with van der Waals surface area (Å²) in [6.07, 6.45) is 6.32. The van der Waals surface area contributed by atoms with E-state index in [-0.39, 0.29) is 5.69 Å². The first-order valence-corrected chi connectivity index (χ1v) is 5.31. The standard InChI is InChI=1S/C11H12N4O2/c1-2-3-8-6-9(11(16)17)14-15(8)10-7-12-4-5-13-10/h4-7H,2-3H2,1H3,(H,16,17). The average molecular weight is 232 g/mol. The van der Waals surface area contributed by atoms with Crippen LogP contribution in [-0.2, 0) is 6.42 Å². The molecule has 2 heterocycles. The zero-order valence-electron chi connectivity index (χ0n) is 9.37. The Kier molecular flexibility index (Phi) is 3.13. The Labute approximate surface area is 98.0 Å². The van der Waals surface area contributed by atoms with Gasteiger partial charge in [0.25, 0.3) is 0 Å². The summed E-state index contributed by atoms with van der Waals surface area (Å²) in [5.74, 6) is -0.506. The minimum absolute atomic E-state index is 0.0269. The molecule has 0 unspecified atom stereocenters. The van der Waals surface area contributed by atoms with Crippen molar-refractivity contribution in [1.82, 2.24) is 19.7 Å². The first-order chi connectivity index (χ1) is 8.22. The van der Waals surface area contributed by atoms with E-state index in [1.54, 1.807) is 24.7 Å². The Morgan fingerprint density at radius 1 is 1.47 bits per heavy atom. The number of hydrogen-bond donors (Lipinski definition) is 1. The lowest BCUT2D eigenvalue weighted by Crippen LogP contribution is -2.05. The first-order valence-electron chi connectivity index (χ1n) is 5.31. The van der Waals surface area contributed by atoms with Crippen LogP contribution in [0.4, 0.5) is 0 Å². The van der Waals surface area contributed by atoms with Crippen LogP contribution in [0, 0.1) is 0 Å². The second-order valence-corrected chi connectivity index (χ2v) is 3.55. The van der Waals surface area contributed by atoms with Gasteiger partial charge in [-0.1, -0.05) is 13.3 Å². The van der Waals surface area contributed by atoms with Crippen LogP contribution in [0.2, 0.25) is 0 Å². The van der Waals surface area contributed by atoms with Crippen LogP contribution >= 0.6 is 0 Å². The third-order valence-electron chi connectivity index (χ3n) is 2.27. The summed E-state index contributed by atoms with van der Waals surface area (Å²) in [4.78, 5) is 18.9. The van der Waals surface area contributed by atoms with Crippen LogP contribution in [0.1, 0.15) is 29.5 Å². The lowest BCUT2D eigenvalue weighted by atomic mass is 10.2. The second kappa shape index (κ2) is 4.73. The van der Waals surface area contributed by atoms with Crippen molar-refractivity contribution in [3.05, 3.63) is 36.0 Å². The van der Waals surface area contributed by atoms with Crippen molar-refractivity contribution in [2.45, 2.75) is 19.8 Å². The number of carboxylic acid groups (broad SMARTS) is 1. The molecule has 0 aliphatic heterocycles. The van der Waals surface area contributed by atoms with Gasteiger partial charge in [0.1, 0.15) is 0 Å². The van der Waals surface area contributed by atoms with Crippen molar-refractivity contribution in [3.63, 3.8) is 0 Å². The topological polar surface area (TPSA) is 80.9 Å². The summed E-state index contributed by atoms with van der Waals surface area (Å²) in [5, 5.41) is 12.9. The van der Waals surface area contributed by atoms with Crippen molar-refractivity contribution in [1.29, 1.82) is 0 Å². The van der Waals surface area contributed by atoms with Crippen molar-refractivity contribution in [2.24, 2.45) is 0 Å². The Bertz CT molecular complexity index is 522. The molecule has 2 rings (SSSR count). The van der Waals surface area contributed by atoms with E-state index in [2.05, 4.69) is 15.1 Å². The number of aromatic carboxylic acids is 1. The van der Waals surface area contributed by atoms with E-state index in [1.807, 2.05) is 6.92 Å². The van der Waals surface area contributed by atoms with Crippen molar-refractivity contribution < 1.29 is 9.90 Å². The molecule has 0 fully saturated rings. The minimum Gasteiger partial charge on any atom is -0.476 e. The third kappa shape index (κ3) is 2.30. The Morgan fingerprint density at radius 3 is 2.88 bits per heavy atom. The monoisotopic (exact) mass is 232 g/mol. The van der Waals surface area contributed by atoms with Gasteiger partial charge < -0.3 is 5.11 Å². The smallest absolute Gasteiger partial charge is 0.356 e. The van der Waals surface area contributed by atoms with Gasteiger partial charge in [-0.2, -0.15) is 5.10 Å². The number of aryl methyl sites for hydroxylation is 1. The predicted octanol–water partition coefficient (Wildman–Crippen LogP) is 1.31. The molecule has 0 bridgehead atoms. The predicted molar refractivity (Wildman–Crippen MR) is 60.1 cm³/mol. The fraction of sp³-hybridized carbons (Fsp3) is 0.273. The van der Waals surface area contributed by atoms with Crippen LogP contribution in [0.5, 0.6) is 0 Å². The van der Waals surface area contributed by atoms with E-state index in [9.17, 15) is 4.79 Å². The number of aromatic nitrogens is 4. The fourth-order valence-corrected chi connectivity index (χ4v) is 1.56. The maximum Gasteiger partial charge on any atom is 0.356 e. The molecule has 17 heavy (non-hydrogen) atoms. The Balaban J connectivity index is 2.48. The molecule has 0 saturated heterocycles. The molecule has 2 aromatic rings. The van der Waals surface area contributed by atoms with Crippen molar-refractivity contribution in [3.8, 4) is 5.82 Å². The molecule has 6 heteroatoms. The van der Waals surface area contributed by atoms with Gasteiger partial charge in [0, 0.05) is 18.1 Å². The van der Waals surface area contributed by atoms with E-state index >= 15 is 0 Å². The summed E-state index contributed by atoms with van der Waals surface area (Å²) >= 11 is 0. The van der Waals surface area contributed by atoms with Gasteiger partial charge in [-0.25, -0.2) is 14.5 Å².